The number of aryl methyl sites for hydroxylation is 2. The second-order valence-electron chi connectivity index (χ2n) is 5.76. The molecule has 3 rings (SSSR count). The fourth-order valence-corrected chi connectivity index (χ4v) is 2.83. The maximum Gasteiger partial charge on any atom is 0.257 e. The van der Waals surface area contributed by atoms with Crippen LogP contribution < -0.4 is 10.2 Å². The number of nitrogens with one attached hydrogen (secondary N) is 1. The molecule has 0 aliphatic carbocycles. The first-order chi connectivity index (χ1) is 11.1. The summed E-state index contributed by atoms with van der Waals surface area (Å²) >= 11 is 0. The Kier molecular flexibility index (Phi) is 4.55. The van der Waals surface area contributed by atoms with Crippen LogP contribution in [0.5, 0.6) is 0 Å². The minimum atomic E-state index is -0.215. The van der Waals surface area contributed by atoms with E-state index in [1.54, 1.807) is 20.0 Å². The van der Waals surface area contributed by atoms with Crippen LogP contribution in [0.15, 0.2) is 16.8 Å². The number of nitrogens with zero attached hydrogens (tertiary/aromatic N) is 4. The summed E-state index contributed by atoms with van der Waals surface area (Å²) < 4.78 is 5.02. The molecular formula is C16H21N5O2. The Hall–Kier alpha value is -2.44. The van der Waals surface area contributed by atoms with Gasteiger partial charge in [-0.3, -0.25) is 4.79 Å². The molecular weight excluding hydrogens is 294 g/mol. The number of rotatable bonds is 4. The molecule has 7 nitrogen and oxygen atoms in total. The molecule has 23 heavy (non-hydrogen) atoms. The largest absolute Gasteiger partial charge is 0.361 e. The molecule has 1 fully saturated rings. The van der Waals surface area contributed by atoms with E-state index < -0.39 is 0 Å². The molecule has 1 N–H and O–H groups in total. The monoisotopic (exact) mass is 315 g/mol. The van der Waals surface area contributed by atoms with Gasteiger partial charge in [0, 0.05) is 19.3 Å². The maximum absolute atomic E-state index is 12.2. The van der Waals surface area contributed by atoms with Crippen molar-refractivity contribution >= 4 is 11.7 Å². The lowest BCUT2D eigenvalue weighted by atomic mass is 10.1. The number of piperidine rings is 1. The molecule has 1 aliphatic rings. The number of aromatic nitrogens is 3. The van der Waals surface area contributed by atoms with Gasteiger partial charge in [0.15, 0.2) is 0 Å². The maximum atomic E-state index is 12.2. The van der Waals surface area contributed by atoms with Gasteiger partial charge in [-0.25, -0.2) is 9.97 Å². The third-order valence-electron chi connectivity index (χ3n) is 4.04. The van der Waals surface area contributed by atoms with E-state index in [2.05, 4.69) is 25.3 Å². The van der Waals surface area contributed by atoms with Crippen LogP contribution in [0.3, 0.4) is 0 Å². The minimum absolute atomic E-state index is 0.215. The van der Waals surface area contributed by atoms with Gasteiger partial charge in [-0.2, -0.15) is 0 Å². The molecule has 0 saturated carbocycles. The van der Waals surface area contributed by atoms with Gasteiger partial charge >= 0.3 is 0 Å². The van der Waals surface area contributed by atoms with Crippen LogP contribution in [0.25, 0.3) is 0 Å². The van der Waals surface area contributed by atoms with E-state index in [1.165, 1.54) is 19.3 Å². The van der Waals surface area contributed by atoms with Gasteiger partial charge in [0.2, 0.25) is 0 Å². The van der Waals surface area contributed by atoms with Crippen molar-refractivity contribution in [3.8, 4) is 0 Å². The molecule has 1 aliphatic heterocycles. The molecule has 2 aromatic rings. The van der Waals surface area contributed by atoms with E-state index in [0.717, 1.165) is 18.9 Å². The highest BCUT2D eigenvalue weighted by Gasteiger charge is 2.18. The Morgan fingerprint density at radius 3 is 2.78 bits per heavy atom. The summed E-state index contributed by atoms with van der Waals surface area (Å²) in [7, 11) is 0. The number of hydrogen-bond acceptors (Lipinski definition) is 6. The van der Waals surface area contributed by atoms with Crippen molar-refractivity contribution in [2.45, 2.75) is 39.7 Å². The predicted octanol–water partition coefficient (Wildman–Crippen LogP) is 2.00. The summed E-state index contributed by atoms with van der Waals surface area (Å²) in [6.07, 6.45) is 5.42. The predicted molar refractivity (Wildman–Crippen MR) is 85.2 cm³/mol. The van der Waals surface area contributed by atoms with Crippen molar-refractivity contribution < 1.29 is 9.32 Å². The normalized spacial score (nSPS) is 14.8. The smallest absolute Gasteiger partial charge is 0.257 e. The number of anilines is 1. The molecule has 7 heteroatoms. The Bertz CT molecular complexity index is 672. The summed E-state index contributed by atoms with van der Waals surface area (Å²) in [5.41, 5.74) is 1.07. The standard InChI is InChI=1S/C16H21N5O2/c1-11-15(12(2)23-20-11)16(22)18-10-13-17-7-6-14(19-13)21-8-4-3-5-9-21/h6-7H,3-5,8-10H2,1-2H3,(H,18,22). The Morgan fingerprint density at radius 1 is 1.30 bits per heavy atom. The summed E-state index contributed by atoms with van der Waals surface area (Å²) in [4.78, 5) is 23.3. The van der Waals surface area contributed by atoms with E-state index in [9.17, 15) is 4.79 Å². The van der Waals surface area contributed by atoms with Crippen LogP contribution in [0, 0.1) is 13.8 Å². The van der Waals surface area contributed by atoms with E-state index in [0.29, 0.717) is 22.8 Å². The van der Waals surface area contributed by atoms with Crippen molar-refractivity contribution in [2.24, 2.45) is 0 Å². The Balaban J connectivity index is 1.65. The zero-order valence-corrected chi connectivity index (χ0v) is 13.5. The molecule has 2 aromatic heterocycles. The quantitative estimate of drug-likeness (QED) is 0.929. The molecule has 3 heterocycles. The minimum Gasteiger partial charge on any atom is -0.361 e. The van der Waals surface area contributed by atoms with Gasteiger partial charge < -0.3 is 14.7 Å². The van der Waals surface area contributed by atoms with Crippen molar-refractivity contribution in [3.05, 3.63) is 35.1 Å². The summed E-state index contributed by atoms with van der Waals surface area (Å²) in [5.74, 6) is 1.84. The SMILES string of the molecule is Cc1noc(C)c1C(=O)NCc1nccc(N2CCCCC2)n1. The average Bonchev–Trinajstić information content (AvgIpc) is 2.92. The third-order valence-corrected chi connectivity index (χ3v) is 4.04. The van der Waals surface area contributed by atoms with Crippen LogP contribution in [0.2, 0.25) is 0 Å². The Morgan fingerprint density at radius 2 is 2.09 bits per heavy atom. The van der Waals surface area contributed by atoms with Gasteiger partial charge in [0.1, 0.15) is 23.0 Å². The molecule has 0 atom stereocenters. The fraction of sp³-hybridized carbons (Fsp3) is 0.500. The Labute approximate surface area is 135 Å². The van der Waals surface area contributed by atoms with Crippen molar-refractivity contribution in [1.82, 2.24) is 20.4 Å². The van der Waals surface area contributed by atoms with Crippen LogP contribution in [-0.2, 0) is 6.54 Å². The van der Waals surface area contributed by atoms with Gasteiger partial charge in [0.25, 0.3) is 5.91 Å². The van der Waals surface area contributed by atoms with E-state index >= 15 is 0 Å². The zero-order chi connectivity index (χ0) is 16.2. The molecule has 0 aromatic carbocycles. The third kappa shape index (κ3) is 3.49. The first-order valence-corrected chi connectivity index (χ1v) is 7.93. The summed E-state index contributed by atoms with van der Waals surface area (Å²) in [5, 5.41) is 6.62. The van der Waals surface area contributed by atoms with Crippen LogP contribution in [0.4, 0.5) is 5.82 Å². The highest BCUT2D eigenvalue weighted by atomic mass is 16.5. The topological polar surface area (TPSA) is 84.2 Å². The summed E-state index contributed by atoms with van der Waals surface area (Å²) in [6, 6.07) is 1.92. The molecule has 0 unspecified atom stereocenters. The second kappa shape index (κ2) is 6.76. The lowest BCUT2D eigenvalue weighted by Crippen LogP contribution is -2.31. The summed E-state index contributed by atoms with van der Waals surface area (Å²) in [6.45, 7) is 5.82. The average molecular weight is 315 g/mol. The number of carbonyl (C=O) groups is 1. The second-order valence-corrected chi connectivity index (χ2v) is 5.76. The highest BCUT2D eigenvalue weighted by molar-refractivity contribution is 5.95. The van der Waals surface area contributed by atoms with Crippen molar-refractivity contribution in [1.29, 1.82) is 0 Å². The van der Waals surface area contributed by atoms with Gasteiger partial charge in [-0.15, -0.1) is 0 Å². The van der Waals surface area contributed by atoms with E-state index in [4.69, 9.17) is 4.52 Å². The zero-order valence-electron chi connectivity index (χ0n) is 13.5. The molecule has 0 spiro atoms. The van der Waals surface area contributed by atoms with E-state index in [-0.39, 0.29) is 12.5 Å². The molecule has 0 bridgehead atoms. The highest BCUT2D eigenvalue weighted by Crippen LogP contribution is 2.17. The van der Waals surface area contributed by atoms with Crippen LogP contribution in [0.1, 0.15) is 46.9 Å². The lowest BCUT2D eigenvalue weighted by molar-refractivity contribution is 0.0948. The number of amides is 1. The first kappa shape index (κ1) is 15.5. The lowest BCUT2D eigenvalue weighted by Gasteiger charge is -2.27. The van der Waals surface area contributed by atoms with Crippen LogP contribution in [-0.4, -0.2) is 34.1 Å². The van der Waals surface area contributed by atoms with Gasteiger partial charge in [-0.1, -0.05) is 5.16 Å². The van der Waals surface area contributed by atoms with E-state index in [1.807, 2.05) is 6.07 Å². The molecule has 0 radical (unpaired) electrons. The fourth-order valence-electron chi connectivity index (χ4n) is 2.83. The first-order valence-electron chi connectivity index (χ1n) is 7.93. The number of hydrogen-bond donors (Lipinski definition) is 1. The van der Waals surface area contributed by atoms with Gasteiger partial charge in [0.05, 0.1) is 12.2 Å². The molecule has 122 valence electrons. The van der Waals surface area contributed by atoms with Gasteiger partial charge in [-0.05, 0) is 39.2 Å². The molecule has 1 amide bonds. The van der Waals surface area contributed by atoms with Crippen molar-refractivity contribution in [3.63, 3.8) is 0 Å². The van der Waals surface area contributed by atoms with Crippen molar-refractivity contribution in [2.75, 3.05) is 18.0 Å². The number of carbonyl (C=O) groups excluding carboxylic acids is 1. The van der Waals surface area contributed by atoms with Crippen LogP contribution >= 0.6 is 0 Å². The molecule has 1 saturated heterocycles.